The molecule has 2 atom stereocenters. The maximum absolute atomic E-state index is 6.31. The van der Waals surface area contributed by atoms with Crippen LogP contribution < -0.4 is 14.8 Å². The molecule has 1 aliphatic carbocycles. The van der Waals surface area contributed by atoms with E-state index in [1.54, 1.807) is 20.3 Å². The number of hydrogen-bond acceptors (Lipinski definition) is 3. The van der Waals surface area contributed by atoms with Gasteiger partial charge in [-0.1, -0.05) is 31.4 Å². The standard InChI is InChI=1S/C15H22ClNO2/c1-4-10-6-5-7-12(10)17-13-9-15(19-3)14(18-2)8-11(13)16/h8-10,12,17H,4-7H2,1-3H3. The number of nitrogens with one attached hydrogen (secondary N) is 1. The first kappa shape index (κ1) is 14.3. The Bertz CT molecular complexity index is 436. The molecule has 0 heterocycles. The fourth-order valence-electron chi connectivity index (χ4n) is 2.88. The Balaban J connectivity index is 2.20. The van der Waals surface area contributed by atoms with Crippen molar-refractivity contribution in [2.75, 3.05) is 19.5 Å². The molecular weight excluding hydrogens is 262 g/mol. The molecule has 0 saturated heterocycles. The molecule has 0 radical (unpaired) electrons. The Morgan fingerprint density at radius 1 is 1.21 bits per heavy atom. The van der Waals surface area contributed by atoms with E-state index in [1.165, 1.54) is 25.7 Å². The lowest BCUT2D eigenvalue weighted by atomic mass is 10.0. The van der Waals surface area contributed by atoms with Crippen molar-refractivity contribution in [3.05, 3.63) is 17.2 Å². The van der Waals surface area contributed by atoms with Crippen LogP contribution in [0.4, 0.5) is 5.69 Å². The second-order valence-electron chi connectivity index (χ2n) is 5.04. The lowest BCUT2D eigenvalue weighted by Crippen LogP contribution is -2.23. The summed E-state index contributed by atoms with van der Waals surface area (Å²) in [6.07, 6.45) is 5.02. The van der Waals surface area contributed by atoms with E-state index in [1.807, 2.05) is 6.07 Å². The number of rotatable bonds is 5. The van der Waals surface area contributed by atoms with E-state index in [-0.39, 0.29) is 0 Å². The van der Waals surface area contributed by atoms with E-state index in [9.17, 15) is 0 Å². The first-order valence-corrected chi connectivity index (χ1v) is 7.25. The monoisotopic (exact) mass is 283 g/mol. The van der Waals surface area contributed by atoms with Gasteiger partial charge in [-0.3, -0.25) is 0 Å². The van der Waals surface area contributed by atoms with Gasteiger partial charge in [0, 0.05) is 18.2 Å². The van der Waals surface area contributed by atoms with Crippen LogP contribution in [0.25, 0.3) is 0 Å². The van der Waals surface area contributed by atoms with Gasteiger partial charge >= 0.3 is 0 Å². The SMILES string of the molecule is CCC1CCCC1Nc1cc(OC)c(OC)cc1Cl. The number of ether oxygens (including phenoxy) is 2. The molecule has 4 heteroatoms. The van der Waals surface area contributed by atoms with Crippen molar-refractivity contribution in [3.63, 3.8) is 0 Å². The summed E-state index contributed by atoms with van der Waals surface area (Å²) in [4.78, 5) is 0. The highest BCUT2D eigenvalue weighted by molar-refractivity contribution is 6.33. The lowest BCUT2D eigenvalue weighted by molar-refractivity contribution is 0.355. The zero-order chi connectivity index (χ0) is 13.8. The van der Waals surface area contributed by atoms with Gasteiger partial charge in [0.1, 0.15) is 0 Å². The van der Waals surface area contributed by atoms with Crippen LogP contribution in [-0.4, -0.2) is 20.3 Å². The molecule has 1 fully saturated rings. The van der Waals surface area contributed by atoms with E-state index in [2.05, 4.69) is 12.2 Å². The molecule has 0 bridgehead atoms. The number of hydrogen-bond donors (Lipinski definition) is 1. The van der Waals surface area contributed by atoms with Gasteiger partial charge in [-0.05, 0) is 18.8 Å². The van der Waals surface area contributed by atoms with Crippen molar-refractivity contribution < 1.29 is 9.47 Å². The summed E-state index contributed by atoms with van der Waals surface area (Å²) in [6.45, 7) is 2.25. The van der Waals surface area contributed by atoms with Gasteiger partial charge in [0.05, 0.1) is 24.9 Å². The molecule has 1 saturated carbocycles. The van der Waals surface area contributed by atoms with Crippen LogP contribution >= 0.6 is 11.6 Å². The third kappa shape index (κ3) is 3.08. The molecular formula is C15H22ClNO2. The summed E-state index contributed by atoms with van der Waals surface area (Å²) >= 11 is 6.31. The third-order valence-electron chi connectivity index (χ3n) is 4.00. The van der Waals surface area contributed by atoms with Crippen molar-refractivity contribution in [1.29, 1.82) is 0 Å². The average molecular weight is 284 g/mol. The first-order valence-electron chi connectivity index (χ1n) is 6.87. The molecule has 19 heavy (non-hydrogen) atoms. The van der Waals surface area contributed by atoms with Crippen LogP contribution in [0.2, 0.25) is 5.02 Å². The molecule has 0 aliphatic heterocycles. The Morgan fingerprint density at radius 2 is 1.89 bits per heavy atom. The summed E-state index contributed by atoms with van der Waals surface area (Å²) in [5, 5.41) is 4.25. The number of halogens is 1. The molecule has 2 rings (SSSR count). The largest absolute Gasteiger partial charge is 0.493 e. The summed E-state index contributed by atoms with van der Waals surface area (Å²) in [7, 11) is 3.26. The van der Waals surface area contributed by atoms with Gasteiger partial charge in [-0.2, -0.15) is 0 Å². The van der Waals surface area contributed by atoms with Gasteiger partial charge in [0.25, 0.3) is 0 Å². The summed E-state index contributed by atoms with van der Waals surface area (Å²) in [5.41, 5.74) is 0.935. The second kappa shape index (κ2) is 6.38. The lowest BCUT2D eigenvalue weighted by Gasteiger charge is -2.22. The number of methoxy groups -OCH3 is 2. The highest BCUT2D eigenvalue weighted by Crippen LogP contribution is 2.38. The minimum atomic E-state index is 0.514. The molecule has 0 amide bonds. The number of anilines is 1. The van der Waals surface area contributed by atoms with Crippen LogP contribution in [-0.2, 0) is 0 Å². The van der Waals surface area contributed by atoms with Crippen molar-refractivity contribution in [2.45, 2.75) is 38.6 Å². The second-order valence-corrected chi connectivity index (χ2v) is 5.44. The zero-order valence-electron chi connectivity index (χ0n) is 11.8. The van der Waals surface area contributed by atoms with Crippen molar-refractivity contribution in [2.24, 2.45) is 5.92 Å². The minimum absolute atomic E-state index is 0.514. The Morgan fingerprint density at radius 3 is 2.53 bits per heavy atom. The third-order valence-corrected chi connectivity index (χ3v) is 4.31. The maximum Gasteiger partial charge on any atom is 0.162 e. The summed E-state index contributed by atoms with van der Waals surface area (Å²) < 4.78 is 10.6. The molecule has 3 nitrogen and oxygen atoms in total. The van der Waals surface area contributed by atoms with E-state index >= 15 is 0 Å². The van der Waals surface area contributed by atoms with Crippen LogP contribution in [0.3, 0.4) is 0 Å². The topological polar surface area (TPSA) is 30.5 Å². The van der Waals surface area contributed by atoms with Crippen molar-refractivity contribution >= 4 is 17.3 Å². The molecule has 0 aromatic heterocycles. The van der Waals surface area contributed by atoms with Gasteiger partial charge in [-0.25, -0.2) is 0 Å². The molecule has 2 unspecified atom stereocenters. The zero-order valence-corrected chi connectivity index (χ0v) is 12.6. The van der Waals surface area contributed by atoms with E-state index in [0.717, 1.165) is 11.6 Å². The van der Waals surface area contributed by atoms with E-state index < -0.39 is 0 Å². The first-order chi connectivity index (χ1) is 9.19. The molecule has 106 valence electrons. The predicted molar refractivity (Wildman–Crippen MR) is 79.6 cm³/mol. The summed E-state index contributed by atoms with van der Waals surface area (Å²) in [6, 6.07) is 4.24. The minimum Gasteiger partial charge on any atom is -0.493 e. The van der Waals surface area contributed by atoms with Crippen LogP contribution in [0, 0.1) is 5.92 Å². The van der Waals surface area contributed by atoms with Crippen molar-refractivity contribution in [3.8, 4) is 11.5 Å². The van der Waals surface area contributed by atoms with Crippen molar-refractivity contribution in [1.82, 2.24) is 0 Å². The van der Waals surface area contributed by atoms with Crippen LogP contribution in [0.5, 0.6) is 11.5 Å². The van der Waals surface area contributed by atoms with E-state index in [0.29, 0.717) is 22.6 Å². The molecule has 1 N–H and O–H groups in total. The Hall–Kier alpha value is -1.09. The summed E-state index contributed by atoms with van der Waals surface area (Å²) in [5.74, 6) is 2.11. The maximum atomic E-state index is 6.31. The van der Waals surface area contributed by atoms with Gasteiger partial charge in [0.15, 0.2) is 11.5 Å². The fraction of sp³-hybridized carbons (Fsp3) is 0.600. The normalized spacial score (nSPS) is 22.3. The van der Waals surface area contributed by atoms with Gasteiger partial charge in [-0.15, -0.1) is 0 Å². The Labute approximate surface area is 120 Å². The Kier molecular flexibility index (Phi) is 4.81. The average Bonchev–Trinajstić information content (AvgIpc) is 2.87. The number of benzene rings is 1. The highest BCUT2D eigenvalue weighted by Gasteiger charge is 2.26. The molecule has 1 aromatic carbocycles. The quantitative estimate of drug-likeness (QED) is 0.871. The smallest absolute Gasteiger partial charge is 0.162 e. The molecule has 0 spiro atoms. The molecule has 1 aromatic rings. The highest BCUT2D eigenvalue weighted by atomic mass is 35.5. The van der Waals surface area contributed by atoms with E-state index in [4.69, 9.17) is 21.1 Å². The van der Waals surface area contributed by atoms with Crippen LogP contribution in [0.1, 0.15) is 32.6 Å². The van der Waals surface area contributed by atoms with Gasteiger partial charge < -0.3 is 14.8 Å². The van der Waals surface area contributed by atoms with Crippen LogP contribution in [0.15, 0.2) is 12.1 Å². The predicted octanol–water partition coefficient (Wildman–Crippen LogP) is 4.35. The van der Waals surface area contributed by atoms with Gasteiger partial charge in [0.2, 0.25) is 0 Å². The molecule has 1 aliphatic rings. The fourth-order valence-corrected chi connectivity index (χ4v) is 3.09.